The number of amides is 2. The summed E-state index contributed by atoms with van der Waals surface area (Å²) in [6.07, 6.45) is -0.503. The average Bonchev–Trinajstić information content (AvgIpc) is 2.80. The molecule has 0 aliphatic heterocycles. The molecule has 38 heavy (non-hydrogen) atoms. The van der Waals surface area contributed by atoms with E-state index in [1.165, 1.54) is 0 Å². The average molecular weight is 544 g/mol. The Bertz CT molecular complexity index is 771. The van der Waals surface area contributed by atoms with Gasteiger partial charge in [-0.25, -0.2) is 4.79 Å². The Hall–Kier alpha value is -1.23. The van der Waals surface area contributed by atoms with E-state index in [0.29, 0.717) is 0 Å². The maximum atomic E-state index is 13.0. The van der Waals surface area contributed by atoms with Gasteiger partial charge in [-0.05, 0) is 49.4 Å². The van der Waals surface area contributed by atoms with E-state index in [1.807, 2.05) is 27.7 Å². The van der Waals surface area contributed by atoms with E-state index in [4.69, 9.17) is 0 Å². The topological polar surface area (TPSA) is 154 Å². The van der Waals surface area contributed by atoms with Gasteiger partial charge in [0.2, 0.25) is 0 Å². The van der Waals surface area contributed by atoms with Crippen molar-refractivity contribution in [3.63, 3.8) is 0 Å². The number of carbonyl (C=O) groups excluding carboxylic acids is 1. The third-order valence-electron chi connectivity index (χ3n) is 6.96. The maximum Gasteiger partial charge on any atom is 0.315 e. The molecule has 0 fully saturated rings. The van der Waals surface area contributed by atoms with Gasteiger partial charge in [0.05, 0.1) is 30.4 Å². The zero-order valence-electron chi connectivity index (χ0n) is 25.4. The number of carbonyl (C=O) groups is 1. The van der Waals surface area contributed by atoms with Crippen molar-refractivity contribution >= 4 is 6.03 Å². The first-order chi connectivity index (χ1) is 17.0. The number of aliphatic hydroxyl groups is 5. The highest BCUT2D eigenvalue weighted by Gasteiger charge is 2.37. The molecular weight excluding hydrogens is 486 g/mol. The van der Waals surface area contributed by atoms with Crippen molar-refractivity contribution in [1.29, 1.82) is 0 Å². The Kier molecular flexibility index (Phi) is 12.3. The van der Waals surface area contributed by atoms with Crippen LogP contribution in [0.4, 0.5) is 4.79 Å². The lowest BCUT2D eigenvalue weighted by molar-refractivity contribution is -0.0627. The van der Waals surface area contributed by atoms with Gasteiger partial charge in [-0.2, -0.15) is 0 Å². The van der Waals surface area contributed by atoms with Crippen LogP contribution in [0.2, 0.25) is 0 Å². The van der Waals surface area contributed by atoms with Gasteiger partial charge < -0.3 is 41.5 Å². The van der Waals surface area contributed by atoms with E-state index in [9.17, 15) is 30.3 Å². The van der Waals surface area contributed by atoms with Crippen LogP contribution in [-0.4, -0.2) is 86.3 Å². The van der Waals surface area contributed by atoms with Crippen LogP contribution in [0, 0.1) is 16.2 Å². The van der Waals surface area contributed by atoms with Crippen molar-refractivity contribution in [2.45, 2.75) is 143 Å². The second-order valence-corrected chi connectivity index (χ2v) is 15.0. The number of hydrogen-bond donors (Lipinski definition) is 8. The molecule has 0 aromatic carbocycles. The molecule has 9 nitrogen and oxygen atoms in total. The summed E-state index contributed by atoms with van der Waals surface area (Å²) in [5.41, 5.74) is -0.984. The first-order valence-electron chi connectivity index (χ1n) is 13.9. The molecule has 9 heteroatoms. The van der Waals surface area contributed by atoms with E-state index in [-0.39, 0.29) is 30.2 Å². The third-order valence-corrected chi connectivity index (χ3v) is 6.96. The minimum Gasteiger partial charge on any atom is -0.392 e. The molecule has 0 radical (unpaired) electrons. The summed E-state index contributed by atoms with van der Waals surface area (Å²) < 4.78 is 0. The molecule has 0 aromatic heterocycles. The summed E-state index contributed by atoms with van der Waals surface area (Å²) >= 11 is 0. The Morgan fingerprint density at radius 1 is 0.895 bits per heavy atom. The predicted octanol–water partition coefficient (Wildman–Crippen LogP) is 2.44. The van der Waals surface area contributed by atoms with Gasteiger partial charge in [-0.15, -0.1) is 0 Å². The maximum absolute atomic E-state index is 13.0. The van der Waals surface area contributed by atoms with Gasteiger partial charge in [0.1, 0.15) is 12.2 Å². The molecule has 0 saturated heterocycles. The van der Waals surface area contributed by atoms with Crippen molar-refractivity contribution in [2.24, 2.45) is 16.2 Å². The molecule has 1 rings (SSSR count). The Morgan fingerprint density at radius 3 is 1.97 bits per heavy atom. The number of aliphatic hydroxyl groups excluding tert-OH is 5. The van der Waals surface area contributed by atoms with Crippen molar-refractivity contribution in [3.8, 4) is 0 Å². The minimum absolute atomic E-state index is 0.00658. The van der Waals surface area contributed by atoms with Crippen molar-refractivity contribution in [1.82, 2.24) is 16.0 Å². The van der Waals surface area contributed by atoms with Crippen LogP contribution < -0.4 is 16.0 Å². The van der Waals surface area contributed by atoms with Crippen LogP contribution in [0.1, 0.15) is 94.9 Å². The normalized spacial score (nSPS) is 25.9. The second-order valence-electron chi connectivity index (χ2n) is 15.0. The number of hydrogen-bond acceptors (Lipinski definition) is 7. The van der Waals surface area contributed by atoms with E-state index in [0.717, 1.165) is 12.8 Å². The molecule has 0 spiro atoms. The van der Waals surface area contributed by atoms with Crippen LogP contribution in [0.3, 0.4) is 0 Å². The molecular formula is C29H57N3O6. The highest BCUT2D eigenvalue weighted by atomic mass is 16.4. The van der Waals surface area contributed by atoms with E-state index in [2.05, 4.69) is 57.5 Å². The largest absolute Gasteiger partial charge is 0.392 e. The summed E-state index contributed by atoms with van der Waals surface area (Å²) in [6, 6.07) is -1.94. The van der Waals surface area contributed by atoms with Gasteiger partial charge in [0, 0.05) is 18.5 Å². The molecule has 7 atom stereocenters. The Balaban J connectivity index is 3.04. The Labute approximate surface area is 230 Å². The quantitative estimate of drug-likeness (QED) is 0.186. The number of nitrogens with one attached hydrogen (secondary N) is 3. The third kappa shape index (κ3) is 12.3. The summed E-state index contributed by atoms with van der Waals surface area (Å²) in [7, 11) is 0. The smallest absolute Gasteiger partial charge is 0.315 e. The zero-order valence-corrected chi connectivity index (χ0v) is 25.4. The minimum atomic E-state index is -1.33. The van der Waals surface area contributed by atoms with E-state index in [1.54, 1.807) is 12.2 Å². The summed E-state index contributed by atoms with van der Waals surface area (Å²) in [5, 5.41) is 61.9. The fourth-order valence-electron chi connectivity index (χ4n) is 5.87. The summed E-state index contributed by atoms with van der Waals surface area (Å²) in [6.45, 7) is 20.5. The molecule has 0 aromatic rings. The molecule has 1 aliphatic rings. The van der Waals surface area contributed by atoms with Gasteiger partial charge in [0.15, 0.2) is 0 Å². The van der Waals surface area contributed by atoms with Gasteiger partial charge in [0.25, 0.3) is 0 Å². The molecule has 224 valence electrons. The molecule has 7 unspecified atom stereocenters. The predicted molar refractivity (Wildman–Crippen MR) is 152 cm³/mol. The van der Waals surface area contributed by atoms with Gasteiger partial charge in [-0.3, -0.25) is 0 Å². The summed E-state index contributed by atoms with van der Waals surface area (Å²) in [4.78, 5) is 13.0. The first-order valence-corrected chi connectivity index (χ1v) is 13.9. The number of urea groups is 1. The molecule has 0 saturated carbocycles. The number of rotatable bonds is 11. The van der Waals surface area contributed by atoms with Gasteiger partial charge >= 0.3 is 6.03 Å². The monoisotopic (exact) mass is 543 g/mol. The van der Waals surface area contributed by atoms with E-state index < -0.39 is 59.6 Å². The highest BCUT2D eigenvalue weighted by Crippen LogP contribution is 2.37. The van der Waals surface area contributed by atoms with Crippen molar-refractivity contribution in [3.05, 3.63) is 12.2 Å². The molecule has 8 N–H and O–H groups in total. The second kappa shape index (κ2) is 13.4. The zero-order chi connectivity index (χ0) is 29.7. The lowest BCUT2D eigenvalue weighted by Gasteiger charge is -2.38. The van der Waals surface area contributed by atoms with Crippen LogP contribution in [0.25, 0.3) is 0 Å². The van der Waals surface area contributed by atoms with E-state index >= 15 is 0 Å². The summed E-state index contributed by atoms with van der Waals surface area (Å²) in [5.74, 6) is 0. The standard InChI is InChI=1S/C29H57N3O6/c1-26(2,3)16-28(7,8)22(35)14-21(34)19(31-25(38)32-29(9,10)17-27(4,5)6)15-30-18-12-11-13-20(33)24(37)23(18)36/h11-12,18-24,30,33-37H,13-17H2,1-10H3,(H2,31,32,38). The highest BCUT2D eigenvalue weighted by molar-refractivity contribution is 5.75. The SMILES string of the molecule is CC(C)(C)CC(C)(C)NC(=O)NC(CNC1C=CCC(O)C(O)C1O)C(O)CC(O)C(C)(C)CC(C)(C)C. The molecule has 1 aliphatic carbocycles. The molecule has 0 heterocycles. The van der Waals surface area contributed by atoms with Crippen molar-refractivity contribution in [2.75, 3.05) is 6.54 Å². The van der Waals surface area contributed by atoms with Crippen LogP contribution in [-0.2, 0) is 0 Å². The Morgan fingerprint density at radius 2 is 1.45 bits per heavy atom. The molecule has 0 bridgehead atoms. The van der Waals surface area contributed by atoms with Crippen molar-refractivity contribution < 1.29 is 30.3 Å². The van der Waals surface area contributed by atoms with Crippen LogP contribution in [0.15, 0.2) is 12.2 Å². The fraction of sp³-hybridized carbons (Fsp3) is 0.897. The van der Waals surface area contributed by atoms with Crippen LogP contribution in [0.5, 0.6) is 0 Å². The van der Waals surface area contributed by atoms with Crippen LogP contribution >= 0.6 is 0 Å². The first kappa shape index (κ1) is 34.8. The fourth-order valence-corrected chi connectivity index (χ4v) is 5.87. The van der Waals surface area contributed by atoms with Gasteiger partial charge in [-0.1, -0.05) is 67.5 Å². The molecule has 2 amide bonds. The lowest BCUT2D eigenvalue weighted by atomic mass is 9.71. The lowest BCUT2D eigenvalue weighted by Crippen LogP contribution is -2.59.